The van der Waals surface area contributed by atoms with Gasteiger partial charge in [-0.1, -0.05) is 12.1 Å². The van der Waals surface area contributed by atoms with Crippen molar-refractivity contribution in [1.29, 1.82) is 0 Å². The van der Waals surface area contributed by atoms with Gasteiger partial charge >= 0.3 is 0 Å². The summed E-state index contributed by atoms with van der Waals surface area (Å²) in [5.74, 6) is -3.15. The number of aromatic nitrogens is 3. The molecule has 5 rings (SSSR count). The van der Waals surface area contributed by atoms with E-state index in [2.05, 4.69) is 20.7 Å². The van der Waals surface area contributed by atoms with Crippen LogP contribution in [0.4, 0.5) is 14.7 Å². The van der Waals surface area contributed by atoms with Crippen LogP contribution in [-0.2, 0) is 9.59 Å². The van der Waals surface area contributed by atoms with Gasteiger partial charge in [0, 0.05) is 18.4 Å². The number of alkyl halides is 2. The average Bonchev–Trinajstić information content (AvgIpc) is 3.58. The van der Waals surface area contributed by atoms with Crippen molar-refractivity contribution in [2.45, 2.75) is 57.4 Å². The molecular formula is C21H23F2N5O2. The Morgan fingerprint density at radius 3 is 2.63 bits per heavy atom. The lowest BCUT2D eigenvalue weighted by Gasteiger charge is -2.24. The van der Waals surface area contributed by atoms with Crippen LogP contribution in [0.3, 0.4) is 0 Å². The van der Waals surface area contributed by atoms with E-state index >= 15 is 0 Å². The minimum Gasteiger partial charge on any atom is -0.352 e. The van der Waals surface area contributed by atoms with Crippen LogP contribution in [0.1, 0.15) is 51.1 Å². The number of carbonyl (C=O) groups excluding carboxylic acids is 2. The number of hydrogen-bond acceptors (Lipinski definition) is 4. The minimum atomic E-state index is -2.90. The molecule has 30 heavy (non-hydrogen) atoms. The third-order valence-electron chi connectivity index (χ3n) is 6.38. The molecule has 0 spiro atoms. The second-order valence-corrected chi connectivity index (χ2v) is 8.77. The number of allylic oxidation sites excluding steroid dienone is 1. The third kappa shape index (κ3) is 3.26. The highest BCUT2D eigenvalue weighted by Crippen LogP contribution is 2.60. The average molecular weight is 415 g/mol. The van der Waals surface area contributed by atoms with E-state index in [1.807, 2.05) is 24.3 Å². The first kappa shape index (κ1) is 19.1. The number of rotatable bonds is 5. The van der Waals surface area contributed by atoms with E-state index < -0.39 is 17.2 Å². The van der Waals surface area contributed by atoms with Gasteiger partial charge in [-0.05, 0) is 56.7 Å². The van der Waals surface area contributed by atoms with Crippen LogP contribution in [0.5, 0.6) is 0 Å². The lowest BCUT2D eigenvalue weighted by molar-refractivity contribution is -0.130. The number of amides is 2. The smallest absolute Gasteiger partial charge is 0.263 e. The van der Waals surface area contributed by atoms with Crippen molar-refractivity contribution in [3.8, 4) is 0 Å². The van der Waals surface area contributed by atoms with Gasteiger partial charge in [0.05, 0.1) is 5.69 Å². The van der Waals surface area contributed by atoms with Crippen molar-refractivity contribution in [2.75, 3.05) is 5.32 Å². The zero-order chi connectivity index (χ0) is 21.1. The number of hydrogen-bond donors (Lipinski definition) is 2. The number of pyridine rings is 1. The first-order chi connectivity index (χ1) is 14.3. The summed E-state index contributed by atoms with van der Waals surface area (Å²) in [5, 5.41) is 9.99. The van der Waals surface area contributed by atoms with Crippen LogP contribution in [0, 0.1) is 11.3 Å². The van der Waals surface area contributed by atoms with Gasteiger partial charge in [0.25, 0.3) is 5.92 Å². The topological polar surface area (TPSA) is 88.4 Å². The normalized spacial score (nSPS) is 27.4. The maximum atomic E-state index is 13.4. The molecule has 2 saturated carbocycles. The quantitative estimate of drug-likeness (QED) is 0.785. The Kier molecular flexibility index (Phi) is 4.20. The molecule has 2 N–H and O–H groups in total. The molecule has 2 amide bonds. The van der Waals surface area contributed by atoms with Gasteiger partial charge in [0.2, 0.25) is 17.8 Å². The molecule has 158 valence electrons. The predicted molar refractivity (Wildman–Crippen MR) is 106 cm³/mol. The highest BCUT2D eigenvalue weighted by Gasteiger charge is 2.72. The van der Waals surface area contributed by atoms with E-state index in [4.69, 9.17) is 0 Å². The summed E-state index contributed by atoms with van der Waals surface area (Å²) in [5.41, 5.74) is 1.00. The van der Waals surface area contributed by atoms with Crippen molar-refractivity contribution in [3.05, 3.63) is 30.0 Å². The van der Waals surface area contributed by atoms with E-state index in [0.717, 1.165) is 24.1 Å². The standard InChI is InChI=1S/C21H23F2N5O2/c1-20(11-21(20,22)23)18(30)24-14-9-7-12(8-10-14)15-3-2-4-16-25-19(27-28(15)16)26-17(29)13-5-6-13/h2-4,7,13-14H,5-6,8-11H2,1H3,(H,24,30)(H,26,27,29). The van der Waals surface area contributed by atoms with E-state index in [-0.39, 0.29) is 24.3 Å². The van der Waals surface area contributed by atoms with Crippen molar-refractivity contribution in [1.82, 2.24) is 19.9 Å². The van der Waals surface area contributed by atoms with Crippen LogP contribution in [0.25, 0.3) is 11.2 Å². The fourth-order valence-corrected chi connectivity index (χ4v) is 3.95. The fourth-order valence-electron chi connectivity index (χ4n) is 3.95. The Balaban J connectivity index is 1.29. The summed E-state index contributed by atoms with van der Waals surface area (Å²) >= 11 is 0. The van der Waals surface area contributed by atoms with Gasteiger partial charge in [-0.2, -0.15) is 4.98 Å². The van der Waals surface area contributed by atoms with Crippen molar-refractivity contribution < 1.29 is 18.4 Å². The van der Waals surface area contributed by atoms with Crippen molar-refractivity contribution in [2.24, 2.45) is 11.3 Å². The zero-order valence-corrected chi connectivity index (χ0v) is 16.6. The lowest BCUT2D eigenvalue weighted by atomic mass is 9.92. The molecule has 7 nitrogen and oxygen atoms in total. The molecule has 0 saturated heterocycles. The molecule has 9 heteroatoms. The molecule has 0 aromatic carbocycles. The molecule has 2 aromatic heterocycles. The number of halogens is 2. The molecule has 3 aliphatic rings. The Morgan fingerprint density at radius 1 is 1.23 bits per heavy atom. The lowest BCUT2D eigenvalue weighted by Crippen LogP contribution is -2.41. The number of fused-ring (bicyclic) bond motifs is 1. The molecule has 2 unspecified atom stereocenters. The van der Waals surface area contributed by atoms with Gasteiger partial charge < -0.3 is 5.32 Å². The Labute approximate surface area is 171 Å². The Bertz CT molecular complexity index is 1070. The SMILES string of the molecule is CC1(C(=O)NC2CC=C(c3cccc4nc(NC(=O)C5CC5)nn34)CC2)CC1(F)F. The van der Waals surface area contributed by atoms with Crippen molar-refractivity contribution >= 4 is 29.0 Å². The maximum Gasteiger partial charge on any atom is 0.263 e. The van der Waals surface area contributed by atoms with E-state index in [1.54, 1.807) is 4.52 Å². The van der Waals surface area contributed by atoms with E-state index in [1.165, 1.54) is 6.92 Å². The number of carbonyl (C=O) groups is 2. The summed E-state index contributed by atoms with van der Waals surface area (Å²) in [6.07, 6.45) is 5.36. The summed E-state index contributed by atoms with van der Waals surface area (Å²) in [6, 6.07) is 5.49. The van der Waals surface area contributed by atoms with Gasteiger partial charge in [0.15, 0.2) is 5.65 Å². The van der Waals surface area contributed by atoms with Crippen LogP contribution in [0.15, 0.2) is 24.3 Å². The fraction of sp³-hybridized carbons (Fsp3) is 0.524. The second kappa shape index (κ2) is 6.58. The summed E-state index contributed by atoms with van der Waals surface area (Å²) < 4.78 is 28.6. The number of anilines is 1. The van der Waals surface area contributed by atoms with Crippen LogP contribution < -0.4 is 10.6 Å². The first-order valence-corrected chi connectivity index (χ1v) is 10.3. The monoisotopic (exact) mass is 415 g/mol. The van der Waals surface area contributed by atoms with Gasteiger partial charge in [-0.25, -0.2) is 13.3 Å². The molecule has 2 fully saturated rings. The molecule has 3 aliphatic carbocycles. The van der Waals surface area contributed by atoms with Crippen LogP contribution in [-0.4, -0.2) is 38.4 Å². The number of nitrogens with one attached hydrogen (secondary N) is 2. The van der Waals surface area contributed by atoms with Gasteiger partial charge in [-0.15, -0.1) is 5.10 Å². The third-order valence-corrected chi connectivity index (χ3v) is 6.38. The molecule has 2 aromatic rings. The molecule has 2 atom stereocenters. The Hall–Kier alpha value is -2.84. The summed E-state index contributed by atoms with van der Waals surface area (Å²) in [7, 11) is 0. The van der Waals surface area contributed by atoms with Crippen LogP contribution >= 0.6 is 0 Å². The van der Waals surface area contributed by atoms with Crippen LogP contribution in [0.2, 0.25) is 0 Å². The maximum absolute atomic E-state index is 13.4. The molecule has 0 radical (unpaired) electrons. The highest BCUT2D eigenvalue weighted by atomic mass is 19.3. The van der Waals surface area contributed by atoms with Crippen molar-refractivity contribution in [3.63, 3.8) is 0 Å². The summed E-state index contributed by atoms with van der Waals surface area (Å²) in [4.78, 5) is 28.6. The molecule has 0 aliphatic heterocycles. The highest BCUT2D eigenvalue weighted by molar-refractivity contribution is 5.92. The summed E-state index contributed by atoms with van der Waals surface area (Å²) in [6.45, 7) is 1.32. The first-order valence-electron chi connectivity index (χ1n) is 10.3. The molecule has 0 bridgehead atoms. The molecular weight excluding hydrogens is 392 g/mol. The van der Waals surface area contributed by atoms with Gasteiger partial charge in [0.1, 0.15) is 5.41 Å². The largest absolute Gasteiger partial charge is 0.352 e. The zero-order valence-electron chi connectivity index (χ0n) is 16.6. The molecule has 2 heterocycles. The van der Waals surface area contributed by atoms with E-state index in [0.29, 0.717) is 30.9 Å². The second-order valence-electron chi connectivity index (χ2n) is 8.77. The van der Waals surface area contributed by atoms with E-state index in [9.17, 15) is 18.4 Å². The number of nitrogens with zero attached hydrogens (tertiary/aromatic N) is 3. The predicted octanol–water partition coefficient (Wildman–Crippen LogP) is 3.18. The minimum absolute atomic E-state index is 0.0437. The van der Waals surface area contributed by atoms with Gasteiger partial charge in [-0.3, -0.25) is 14.9 Å². The Morgan fingerprint density at radius 2 is 2.00 bits per heavy atom.